The molecule has 0 saturated carbocycles. The molecule has 1 fully saturated rings. The Morgan fingerprint density at radius 2 is 1.09 bits per heavy atom. The maximum absolute atomic E-state index is 13.4. The van der Waals surface area contributed by atoms with E-state index in [4.69, 9.17) is 18.9 Å². The third kappa shape index (κ3) is 5.82. The van der Waals surface area contributed by atoms with Crippen molar-refractivity contribution < 1.29 is 48.0 Å². The first-order valence-corrected chi connectivity index (χ1v) is 10.9. The van der Waals surface area contributed by atoms with Gasteiger partial charge in [0.25, 0.3) is 5.54 Å². The molecule has 11 nitrogen and oxygen atoms in total. The van der Waals surface area contributed by atoms with Gasteiger partial charge in [0.15, 0.2) is 0 Å². The van der Waals surface area contributed by atoms with Crippen molar-refractivity contribution in [3.8, 4) is 0 Å². The van der Waals surface area contributed by atoms with Gasteiger partial charge in [0.2, 0.25) is 11.9 Å². The second-order valence-electron chi connectivity index (χ2n) is 9.21. The summed E-state index contributed by atoms with van der Waals surface area (Å²) in [7, 11) is 0. The number of aliphatic hydroxyl groups is 1. The predicted molar refractivity (Wildman–Crippen MR) is 114 cm³/mol. The molecule has 1 N–H and O–H groups in total. The Hall–Kier alpha value is -2.69. The van der Waals surface area contributed by atoms with Crippen molar-refractivity contribution >= 4 is 29.8 Å². The molecule has 11 heteroatoms. The van der Waals surface area contributed by atoms with Crippen molar-refractivity contribution in [1.82, 2.24) is 4.90 Å². The molecule has 1 amide bonds. The summed E-state index contributed by atoms with van der Waals surface area (Å²) in [6.07, 6.45) is -3.71. The zero-order valence-electron chi connectivity index (χ0n) is 20.7. The van der Waals surface area contributed by atoms with Crippen molar-refractivity contribution in [3.05, 3.63) is 0 Å². The van der Waals surface area contributed by atoms with Crippen LogP contribution in [0.1, 0.15) is 68.7 Å². The van der Waals surface area contributed by atoms with E-state index in [1.807, 2.05) is 0 Å². The van der Waals surface area contributed by atoms with Crippen molar-refractivity contribution in [3.63, 3.8) is 0 Å². The van der Waals surface area contributed by atoms with Gasteiger partial charge in [-0.2, -0.15) is 0 Å². The van der Waals surface area contributed by atoms with Crippen molar-refractivity contribution in [2.24, 2.45) is 0 Å². The largest absolute Gasteiger partial charge is 0.461 e. The van der Waals surface area contributed by atoms with Crippen LogP contribution in [-0.2, 0) is 42.9 Å². The molecule has 0 spiro atoms. The molecule has 1 rings (SSSR count). The van der Waals surface area contributed by atoms with Gasteiger partial charge in [-0.25, -0.2) is 19.2 Å². The molecule has 1 unspecified atom stereocenters. The maximum atomic E-state index is 13.4. The van der Waals surface area contributed by atoms with Gasteiger partial charge in [-0.15, -0.1) is 0 Å². The zero-order valence-corrected chi connectivity index (χ0v) is 20.7. The van der Waals surface area contributed by atoms with Crippen LogP contribution in [0.4, 0.5) is 0 Å². The van der Waals surface area contributed by atoms with E-state index in [1.54, 1.807) is 0 Å². The number of ether oxygens (including phenoxy) is 4. The highest BCUT2D eigenvalue weighted by Gasteiger charge is 2.75. The highest BCUT2D eigenvalue weighted by molar-refractivity contribution is 6.15. The molecular weight excluding hydrogens is 438 g/mol. The quantitative estimate of drug-likeness (QED) is 0.291. The summed E-state index contributed by atoms with van der Waals surface area (Å²) in [6.45, 7) is 13.1. The molecule has 0 aromatic rings. The number of esters is 4. The summed E-state index contributed by atoms with van der Waals surface area (Å²) < 4.78 is 20.7. The molecule has 0 aliphatic carbocycles. The van der Waals surface area contributed by atoms with Gasteiger partial charge in [0.05, 0.1) is 30.8 Å². The highest BCUT2D eigenvalue weighted by Crippen LogP contribution is 2.44. The van der Waals surface area contributed by atoms with Crippen LogP contribution in [0.5, 0.6) is 0 Å². The van der Waals surface area contributed by atoms with Crippen LogP contribution in [0, 0.1) is 0 Å². The molecule has 1 heterocycles. The summed E-state index contributed by atoms with van der Waals surface area (Å²) in [5, 5.41) is 11.2. The van der Waals surface area contributed by atoms with Crippen LogP contribution in [0.3, 0.4) is 0 Å². The summed E-state index contributed by atoms with van der Waals surface area (Å²) in [4.78, 5) is 66.3. The van der Waals surface area contributed by atoms with Gasteiger partial charge in [-0.1, -0.05) is 0 Å². The highest BCUT2D eigenvalue weighted by atomic mass is 16.6. The molecule has 0 radical (unpaired) electrons. The first kappa shape index (κ1) is 28.3. The second-order valence-corrected chi connectivity index (χ2v) is 9.21. The average molecular weight is 474 g/mol. The van der Waals surface area contributed by atoms with Crippen molar-refractivity contribution in [2.75, 3.05) is 0 Å². The molecule has 0 aromatic carbocycles. The minimum atomic E-state index is -2.87. The number of carbonyl (C=O) groups excluding carboxylic acids is 5. The van der Waals surface area contributed by atoms with Crippen LogP contribution in [0.25, 0.3) is 0 Å². The number of rotatable bonds is 9. The third-order valence-electron chi connectivity index (χ3n) is 4.59. The second kappa shape index (κ2) is 10.5. The van der Waals surface area contributed by atoms with E-state index in [1.165, 1.54) is 55.4 Å². The summed E-state index contributed by atoms with van der Waals surface area (Å²) in [6, 6.07) is -2.17. The van der Waals surface area contributed by atoms with E-state index in [0.29, 0.717) is 4.90 Å². The summed E-state index contributed by atoms with van der Waals surface area (Å²) in [5.41, 5.74) is -5.26. The van der Waals surface area contributed by atoms with E-state index in [9.17, 15) is 29.1 Å². The number of hydrogen-bond acceptors (Lipinski definition) is 10. The fourth-order valence-corrected chi connectivity index (χ4v) is 3.51. The standard InChI is InChI=1S/C22H35NO10/c1-11(2)30-17(25)16(18(26)31-12(3)4)23-15(24)10-21(9,29)22(23,19(27)32-13(5)6)20(28)33-14(7)8/h11-14,16,29H,10H2,1-9H3. The van der Waals surface area contributed by atoms with E-state index in [-0.39, 0.29) is 0 Å². The lowest BCUT2D eigenvalue weighted by Gasteiger charge is -2.42. The Morgan fingerprint density at radius 3 is 1.39 bits per heavy atom. The number of carbonyl (C=O) groups is 5. The topological polar surface area (TPSA) is 146 Å². The molecule has 1 saturated heterocycles. The Kier molecular flexibility index (Phi) is 9.01. The van der Waals surface area contributed by atoms with Crippen molar-refractivity contribution in [1.29, 1.82) is 0 Å². The lowest BCUT2D eigenvalue weighted by molar-refractivity contribution is -0.199. The fourth-order valence-electron chi connectivity index (χ4n) is 3.51. The third-order valence-corrected chi connectivity index (χ3v) is 4.59. The van der Waals surface area contributed by atoms with E-state index in [2.05, 4.69) is 0 Å². The van der Waals surface area contributed by atoms with Crippen molar-refractivity contribution in [2.45, 2.75) is 110 Å². The Labute approximate surface area is 193 Å². The minimum absolute atomic E-state index is 0.401. The van der Waals surface area contributed by atoms with Crippen LogP contribution in [0.15, 0.2) is 0 Å². The van der Waals surface area contributed by atoms with E-state index in [0.717, 1.165) is 6.92 Å². The van der Waals surface area contributed by atoms with Crippen LogP contribution in [0.2, 0.25) is 0 Å². The Balaban J connectivity index is 3.89. The molecule has 188 valence electrons. The molecule has 0 aromatic heterocycles. The van der Waals surface area contributed by atoms with E-state index >= 15 is 0 Å². The normalized spacial score (nSPS) is 20.1. The lowest BCUT2D eigenvalue weighted by atomic mass is 9.80. The van der Waals surface area contributed by atoms with Crippen LogP contribution >= 0.6 is 0 Å². The summed E-state index contributed by atoms with van der Waals surface area (Å²) >= 11 is 0. The summed E-state index contributed by atoms with van der Waals surface area (Å²) in [5.74, 6) is -6.20. The van der Waals surface area contributed by atoms with Gasteiger partial charge in [-0.3, -0.25) is 9.69 Å². The number of nitrogens with zero attached hydrogens (tertiary/aromatic N) is 1. The monoisotopic (exact) mass is 473 g/mol. The first-order valence-electron chi connectivity index (χ1n) is 10.9. The van der Waals surface area contributed by atoms with Gasteiger partial charge >= 0.3 is 23.9 Å². The van der Waals surface area contributed by atoms with E-state index < -0.39 is 77.8 Å². The molecule has 1 aliphatic rings. The molecule has 1 aliphatic heterocycles. The fraction of sp³-hybridized carbons (Fsp3) is 0.773. The van der Waals surface area contributed by atoms with Gasteiger partial charge in [0, 0.05) is 0 Å². The Morgan fingerprint density at radius 1 is 0.758 bits per heavy atom. The van der Waals surface area contributed by atoms with Crippen LogP contribution < -0.4 is 0 Å². The van der Waals surface area contributed by atoms with Gasteiger partial charge in [-0.05, 0) is 62.3 Å². The number of likely N-dealkylation sites (tertiary alicyclic amines) is 1. The van der Waals surface area contributed by atoms with Crippen LogP contribution in [-0.4, -0.2) is 81.4 Å². The zero-order chi connectivity index (χ0) is 25.9. The number of amides is 1. The maximum Gasteiger partial charge on any atom is 0.347 e. The molecule has 1 atom stereocenters. The lowest BCUT2D eigenvalue weighted by Crippen LogP contribution is -2.72. The molecule has 33 heavy (non-hydrogen) atoms. The predicted octanol–water partition coefficient (Wildman–Crippen LogP) is 0.884. The first-order chi connectivity index (χ1) is 15.0. The minimum Gasteiger partial charge on any atom is -0.461 e. The van der Waals surface area contributed by atoms with Gasteiger partial charge in [0.1, 0.15) is 5.60 Å². The smallest absolute Gasteiger partial charge is 0.347 e. The SMILES string of the molecule is CC(C)OC(=O)C(C(=O)OC(C)C)N1C(=O)CC(C)(O)C1(C(=O)OC(C)C)C(=O)OC(C)C. The average Bonchev–Trinajstić information content (AvgIpc) is 2.78. The molecular formula is C22H35NO10. The van der Waals surface area contributed by atoms with Gasteiger partial charge < -0.3 is 24.1 Å². The number of hydrogen-bond donors (Lipinski definition) is 1. The Bertz CT molecular complexity index is 740. The molecule has 0 bridgehead atoms.